The van der Waals surface area contributed by atoms with Crippen LogP contribution in [0.2, 0.25) is 0 Å². The topological polar surface area (TPSA) is 52.0 Å². The summed E-state index contributed by atoms with van der Waals surface area (Å²) in [6.07, 6.45) is 0. The Kier molecular flexibility index (Phi) is 1.78. The molecule has 0 aromatic heterocycles. The molecule has 1 aromatic carbocycles. The number of halogens is 2. The smallest absolute Gasteiger partial charge is 0.327 e. The Labute approximate surface area is 62.8 Å². The molecule has 0 bridgehead atoms. The van der Waals surface area contributed by atoms with Gasteiger partial charge in [-0.15, -0.1) is 0 Å². The van der Waals surface area contributed by atoms with Crippen LogP contribution in [0.3, 0.4) is 0 Å². The summed E-state index contributed by atoms with van der Waals surface area (Å²) >= 11 is 0. The minimum absolute atomic E-state index is 0.266. The minimum Gasteiger partial charge on any atom is -0.399 e. The Morgan fingerprint density at radius 2 is 1.91 bits per heavy atom. The first-order valence-corrected chi connectivity index (χ1v) is 3.03. The summed E-state index contributed by atoms with van der Waals surface area (Å²) in [7, 11) is 0. The van der Waals surface area contributed by atoms with Gasteiger partial charge in [0.1, 0.15) is 0 Å². The van der Waals surface area contributed by atoms with Crippen molar-refractivity contribution in [1.29, 1.82) is 0 Å². The SMILES string of the molecule is Nc1cccc(C(N)(F)F)c1. The zero-order valence-corrected chi connectivity index (χ0v) is 5.72. The molecule has 1 aromatic rings. The molecule has 4 heteroatoms. The number of alkyl halides is 2. The predicted molar refractivity (Wildman–Crippen MR) is 38.9 cm³/mol. The number of benzene rings is 1. The Hall–Kier alpha value is -1.16. The van der Waals surface area contributed by atoms with Crippen LogP contribution in [0, 0.1) is 0 Å². The summed E-state index contributed by atoms with van der Waals surface area (Å²) in [5, 5.41) is 0. The van der Waals surface area contributed by atoms with E-state index in [1.165, 1.54) is 18.2 Å². The van der Waals surface area contributed by atoms with E-state index in [4.69, 9.17) is 5.73 Å². The van der Waals surface area contributed by atoms with Crippen molar-refractivity contribution in [3.8, 4) is 0 Å². The van der Waals surface area contributed by atoms with Crippen molar-refractivity contribution in [1.82, 2.24) is 0 Å². The molecule has 0 atom stereocenters. The molecule has 4 N–H and O–H groups in total. The van der Waals surface area contributed by atoms with Gasteiger partial charge in [-0.2, -0.15) is 8.78 Å². The molecule has 1 rings (SSSR count). The first-order valence-electron chi connectivity index (χ1n) is 3.03. The Balaban J connectivity index is 3.06. The Morgan fingerprint density at radius 3 is 2.27 bits per heavy atom. The molecule has 0 saturated carbocycles. The van der Waals surface area contributed by atoms with Crippen LogP contribution in [-0.2, 0) is 6.05 Å². The summed E-state index contributed by atoms with van der Waals surface area (Å²) in [4.78, 5) is 0. The average Bonchev–Trinajstić information content (AvgIpc) is 1.86. The summed E-state index contributed by atoms with van der Waals surface area (Å²) in [6, 6.07) is 2.05. The number of nitrogens with two attached hydrogens (primary N) is 2. The van der Waals surface area contributed by atoms with Gasteiger partial charge >= 0.3 is 6.05 Å². The van der Waals surface area contributed by atoms with E-state index in [2.05, 4.69) is 5.73 Å². The van der Waals surface area contributed by atoms with Crippen molar-refractivity contribution in [2.75, 3.05) is 5.73 Å². The molecule has 0 unspecified atom stereocenters. The second-order valence-electron chi connectivity index (χ2n) is 2.25. The third-order valence-corrected chi connectivity index (χ3v) is 1.27. The Bertz CT molecular complexity index is 255. The van der Waals surface area contributed by atoms with Crippen molar-refractivity contribution in [3.05, 3.63) is 29.8 Å². The zero-order chi connectivity index (χ0) is 8.48. The second-order valence-corrected chi connectivity index (χ2v) is 2.25. The number of anilines is 1. The summed E-state index contributed by atoms with van der Waals surface area (Å²) < 4.78 is 24.7. The predicted octanol–water partition coefficient (Wildman–Crippen LogP) is 1.28. The van der Waals surface area contributed by atoms with E-state index in [-0.39, 0.29) is 11.3 Å². The highest BCUT2D eigenvalue weighted by Gasteiger charge is 2.24. The van der Waals surface area contributed by atoms with Gasteiger partial charge in [-0.3, -0.25) is 5.73 Å². The monoisotopic (exact) mass is 158 g/mol. The lowest BCUT2D eigenvalue weighted by Gasteiger charge is -2.09. The maximum atomic E-state index is 12.4. The maximum absolute atomic E-state index is 12.4. The molecule has 0 saturated heterocycles. The van der Waals surface area contributed by atoms with E-state index >= 15 is 0 Å². The molecule has 0 amide bonds. The fraction of sp³-hybridized carbons (Fsp3) is 0.143. The zero-order valence-electron chi connectivity index (χ0n) is 5.72. The van der Waals surface area contributed by atoms with E-state index in [1.807, 2.05) is 0 Å². The molecule has 0 aliphatic rings. The largest absolute Gasteiger partial charge is 0.399 e. The van der Waals surface area contributed by atoms with Gasteiger partial charge in [-0.25, -0.2) is 0 Å². The number of nitrogen functional groups attached to an aromatic ring is 1. The van der Waals surface area contributed by atoms with Crippen LogP contribution in [0.15, 0.2) is 24.3 Å². The molecule has 0 fully saturated rings. The molecule has 0 heterocycles. The van der Waals surface area contributed by atoms with Crippen molar-refractivity contribution in [2.24, 2.45) is 5.73 Å². The van der Waals surface area contributed by atoms with Crippen LogP contribution in [0.1, 0.15) is 5.56 Å². The fourth-order valence-electron chi connectivity index (χ4n) is 0.746. The van der Waals surface area contributed by atoms with E-state index in [9.17, 15) is 8.78 Å². The lowest BCUT2D eigenvalue weighted by atomic mass is 10.2. The van der Waals surface area contributed by atoms with E-state index in [0.717, 1.165) is 6.07 Å². The van der Waals surface area contributed by atoms with Gasteiger partial charge in [0.25, 0.3) is 0 Å². The van der Waals surface area contributed by atoms with E-state index in [0.29, 0.717) is 0 Å². The van der Waals surface area contributed by atoms with Crippen LogP contribution >= 0.6 is 0 Å². The third kappa shape index (κ3) is 1.88. The van der Waals surface area contributed by atoms with E-state index < -0.39 is 6.05 Å². The summed E-state index contributed by atoms with van der Waals surface area (Å²) in [5.74, 6) is 0. The summed E-state index contributed by atoms with van der Waals surface area (Å²) in [5.41, 5.74) is 9.82. The molecule has 0 aliphatic heterocycles. The maximum Gasteiger partial charge on any atom is 0.327 e. The van der Waals surface area contributed by atoms with Gasteiger partial charge < -0.3 is 5.73 Å². The van der Waals surface area contributed by atoms with Crippen molar-refractivity contribution >= 4 is 5.69 Å². The highest BCUT2D eigenvalue weighted by molar-refractivity contribution is 5.41. The lowest BCUT2D eigenvalue weighted by molar-refractivity contribution is 0.00304. The molecule has 0 radical (unpaired) electrons. The quantitative estimate of drug-likeness (QED) is 0.477. The second kappa shape index (κ2) is 2.47. The van der Waals surface area contributed by atoms with Gasteiger partial charge in [0, 0.05) is 11.3 Å². The van der Waals surface area contributed by atoms with Crippen molar-refractivity contribution in [3.63, 3.8) is 0 Å². The molecular weight excluding hydrogens is 150 g/mol. The highest BCUT2D eigenvalue weighted by atomic mass is 19.3. The highest BCUT2D eigenvalue weighted by Crippen LogP contribution is 2.22. The minimum atomic E-state index is -3.30. The van der Waals surface area contributed by atoms with Crippen LogP contribution in [0.25, 0.3) is 0 Å². The molecular formula is C7H8F2N2. The summed E-state index contributed by atoms with van der Waals surface area (Å²) in [6.45, 7) is 0. The molecule has 0 spiro atoms. The van der Waals surface area contributed by atoms with Crippen LogP contribution in [-0.4, -0.2) is 0 Å². The molecule has 60 valence electrons. The van der Waals surface area contributed by atoms with Crippen LogP contribution in [0.4, 0.5) is 14.5 Å². The fourth-order valence-corrected chi connectivity index (χ4v) is 0.746. The van der Waals surface area contributed by atoms with Gasteiger partial charge in [-0.05, 0) is 12.1 Å². The average molecular weight is 158 g/mol. The van der Waals surface area contributed by atoms with Crippen molar-refractivity contribution in [2.45, 2.75) is 6.05 Å². The van der Waals surface area contributed by atoms with E-state index in [1.54, 1.807) is 0 Å². The molecule has 11 heavy (non-hydrogen) atoms. The van der Waals surface area contributed by atoms with Crippen LogP contribution in [0.5, 0.6) is 0 Å². The third-order valence-electron chi connectivity index (χ3n) is 1.27. The Morgan fingerprint density at radius 1 is 1.27 bits per heavy atom. The van der Waals surface area contributed by atoms with Gasteiger partial charge in [0.15, 0.2) is 0 Å². The van der Waals surface area contributed by atoms with Crippen LogP contribution < -0.4 is 11.5 Å². The van der Waals surface area contributed by atoms with Gasteiger partial charge in [0.05, 0.1) is 0 Å². The van der Waals surface area contributed by atoms with Gasteiger partial charge in [-0.1, -0.05) is 12.1 Å². The first kappa shape index (κ1) is 7.94. The van der Waals surface area contributed by atoms with Gasteiger partial charge in [0.2, 0.25) is 0 Å². The standard InChI is InChI=1S/C7H8F2N2/c8-7(9,11)5-2-1-3-6(10)4-5/h1-4H,10-11H2. The number of rotatable bonds is 1. The first-order chi connectivity index (χ1) is 5.00. The van der Waals surface area contributed by atoms with Crippen molar-refractivity contribution < 1.29 is 8.78 Å². The normalized spacial score (nSPS) is 11.5. The number of hydrogen-bond acceptors (Lipinski definition) is 2. The number of hydrogen-bond donors (Lipinski definition) is 2. The lowest BCUT2D eigenvalue weighted by Crippen LogP contribution is -2.25. The molecule has 2 nitrogen and oxygen atoms in total. The molecule has 0 aliphatic carbocycles.